The van der Waals surface area contributed by atoms with E-state index in [0.717, 1.165) is 10.6 Å². The van der Waals surface area contributed by atoms with Gasteiger partial charge in [-0.25, -0.2) is 0 Å². The smallest absolute Gasteiger partial charge is 0.269 e. The molecule has 0 saturated carbocycles. The predicted octanol–water partition coefficient (Wildman–Crippen LogP) is 3.89. The van der Waals surface area contributed by atoms with Gasteiger partial charge in [0.15, 0.2) is 0 Å². The number of carbonyl (C=O) groups excluding carboxylic acids is 1. The van der Waals surface area contributed by atoms with Crippen LogP contribution in [0.2, 0.25) is 0 Å². The number of rotatable bonds is 8. The zero-order chi connectivity index (χ0) is 18.4. The van der Waals surface area contributed by atoms with E-state index < -0.39 is 4.92 Å². The number of anilines is 1. The molecular weight excluding hydrogens is 354 g/mol. The lowest BCUT2D eigenvalue weighted by Crippen LogP contribution is -2.32. The van der Waals surface area contributed by atoms with Crippen molar-refractivity contribution in [3.8, 4) is 0 Å². The molecule has 0 spiro atoms. The Morgan fingerprint density at radius 2 is 1.96 bits per heavy atom. The number of hydrogen-bond acceptors (Lipinski definition) is 6. The fourth-order valence-corrected chi connectivity index (χ4v) is 3.23. The summed E-state index contributed by atoms with van der Waals surface area (Å²) in [5, 5.41) is 15.5. The van der Waals surface area contributed by atoms with Gasteiger partial charge in [0.2, 0.25) is 5.91 Å². The minimum atomic E-state index is -0.474. The quantitative estimate of drug-likeness (QED) is 0.479. The molecule has 0 fully saturated rings. The Morgan fingerprint density at radius 1 is 1.15 bits per heavy atom. The van der Waals surface area contributed by atoms with Crippen LogP contribution in [0.25, 0.3) is 0 Å². The molecule has 0 aliphatic rings. The SMILES string of the molecule is O=C(CN(Cc1ccco1)Cc1cccs1)Nc1ccc([N+](=O)[O-])cc1. The molecule has 0 radical (unpaired) electrons. The summed E-state index contributed by atoms with van der Waals surface area (Å²) in [4.78, 5) is 25.7. The third-order valence-corrected chi connectivity index (χ3v) is 4.51. The van der Waals surface area contributed by atoms with E-state index in [0.29, 0.717) is 18.8 Å². The fraction of sp³-hybridized carbons (Fsp3) is 0.167. The van der Waals surface area contributed by atoms with Crippen LogP contribution in [0.1, 0.15) is 10.6 Å². The monoisotopic (exact) mass is 371 g/mol. The third kappa shape index (κ3) is 5.01. The molecule has 26 heavy (non-hydrogen) atoms. The lowest BCUT2D eigenvalue weighted by molar-refractivity contribution is -0.384. The summed E-state index contributed by atoms with van der Waals surface area (Å²) in [5.41, 5.74) is 0.509. The Balaban J connectivity index is 1.63. The standard InChI is InChI=1S/C18H17N3O4S/c22-18(19-14-5-7-15(8-6-14)21(23)24)13-20(11-16-3-1-9-25-16)12-17-4-2-10-26-17/h1-10H,11-13H2,(H,19,22). The number of non-ortho nitro benzene ring substituents is 1. The van der Waals surface area contributed by atoms with Crippen molar-refractivity contribution in [3.05, 3.63) is 80.9 Å². The van der Waals surface area contributed by atoms with Crippen molar-refractivity contribution < 1.29 is 14.1 Å². The predicted molar refractivity (Wildman–Crippen MR) is 98.9 cm³/mol. The first-order valence-electron chi connectivity index (χ1n) is 7.91. The molecule has 0 bridgehead atoms. The second-order valence-electron chi connectivity index (χ2n) is 5.66. The maximum absolute atomic E-state index is 12.4. The van der Waals surface area contributed by atoms with Gasteiger partial charge in [0.05, 0.1) is 24.3 Å². The first-order valence-corrected chi connectivity index (χ1v) is 8.79. The minimum absolute atomic E-state index is 0.0138. The van der Waals surface area contributed by atoms with Crippen molar-refractivity contribution in [2.75, 3.05) is 11.9 Å². The van der Waals surface area contributed by atoms with Crippen molar-refractivity contribution in [1.82, 2.24) is 4.90 Å². The number of benzene rings is 1. The number of nitrogens with one attached hydrogen (secondary N) is 1. The molecule has 2 aromatic heterocycles. The van der Waals surface area contributed by atoms with Crippen LogP contribution in [-0.2, 0) is 17.9 Å². The summed E-state index contributed by atoms with van der Waals surface area (Å²) in [7, 11) is 0. The highest BCUT2D eigenvalue weighted by molar-refractivity contribution is 7.09. The first-order chi connectivity index (χ1) is 12.6. The first kappa shape index (κ1) is 17.8. The van der Waals surface area contributed by atoms with Gasteiger partial charge < -0.3 is 9.73 Å². The van der Waals surface area contributed by atoms with Crippen LogP contribution in [-0.4, -0.2) is 22.3 Å². The van der Waals surface area contributed by atoms with Gasteiger partial charge in [0, 0.05) is 29.2 Å². The van der Waals surface area contributed by atoms with E-state index in [-0.39, 0.29) is 18.1 Å². The van der Waals surface area contributed by atoms with Gasteiger partial charge in [-0.3, -0.25) is 19.8 Å². The molecule has 0 saturated heterocycles. The summed E-state index contributed by atoms with van der Waals surface area (Å²) < 4.78 is 5.38. The van der Waals surface area contributed by atoms with Crippen molar-refractivity contribution in [1.29, 1.82) is 0 Å². The van der Waals surface area contributed by atoms with Crippen molar-refractivity contribution in [2.45, 2.75) is 13.1 Å². The van der Waals surface area contributed by atoms with E-state index >= 15 is 0 Å². The molecule has 0 aliphatic heterocycles. The summed E-state index contributed by atoms with van der Waals surface area (Å²) in [6.45, 7) is 1.32. The van der Waals surface area contributed by atoms with Gasteiger partial charge >= 0.3 is 0 Å². The molecule has 134 valence electrons. The average molecular weight is 371 g/mol. The third-order valence-electron chi connectivity index (χ3n) is 3.65. The van der Waals surface area contributed by atoms with Crippen LogP contribution < -0.4 is 5.32 Å². The molecule has 3 rings (SSSR count). The van der Waals surface area contributed by atoms with E-state index in [2.05, 4.69) is 5.32 Å². The average Bonchev–Trinajstić information content (AvgIpc) is 3.29. The topological polar surface area (TPSA) is 88.6 Å². The van der Waals surface area contributed by atoms with Crippen molar-refractivity contribution in [2.24, 2.45) is 0 Å². The minimum Gasteiger partial charge on any atom is -0.468 e. The van der Waals surface area contributed by atoms with Gasteiger partial charge in [0.1, 0.15) is 5.76 Å². The highest BCUT2D eigenvalue weighted by Crippen LogP contribution is 2.17. The van der Waals surface area contributed by atoms with Crippen molar-refractivity contribution in [3.63, 3.8) is 0 Å². The second kappa shape index (κ2) is 8.41. The number of nitro groups is 1. The normalized spacial score (nSPS) is 10.8. The number of thiophene rings is 1. The molecule has 8 heteroatoms. The molecule has 3 aromatic rings. The molecule has 1 aromatic carbocycles. The van der Waals surface area contributed by atoms with Gasteiger partial charge in [0.25, 0.3) is 5.69 Å². The van der Waals surface area contributed by atoms with Crippen LogP contribution in [0.4, 0.5) is 11.4 Å². The number of nitrogens with zero attached hydrogens (tertiary/aromatic N) is 2. The van der Waals surface area contributed by atoms with Gasteiger partial charge in [-0.05, 0) is 35.7 Å². The van der Waals surface area contributed by atoms with Crippen LogP contribution in [0.3, 0.4) is 0 Å². The Kier molecular flexibility index (Phi) is 5.77. The lowest BCUT2D eigenvalue weighted by atomic mass is 10.3. The number of hydrogen-bond donors (Lipinski definition) is 1. The summed E-state index contributed by atoms with van der Waals surface area (Å²) in [6, 6.07) is 13.4. The highest BCUT2D eigenvalue weighted by atomic mass is 32.1. The molecule has 2 heterocycles. The van der Waals surface area contributed by atoms with Crippen LogP contribution in [0, 0.1) is 10.1 Å². The Labute approximate surface area is 154 Å². The number of nitro benzene ring substituents is 1. The van der Waals surface area contributed by atoms with Crippen LogP contribution in [0.5, 0.6) is 0 Å². The van der Waals surface area contributed by atoms with E-state index in [1.807, 2.05) is 34.5 Å². The Hall–Kier alpha value is -2.97. The Morgan fingerprint density at radius 3 is 2.58 bits per heavy atom. The lowest BCUT2D eigenvalue weighted by Gasteiger charge is -2.20. The summed E-state index contributed by atoms with van der Waals surface area (Å²) in [5.74, 6) is 0.589. The van der Waals surface area contributed by atoms with Crippen molar-refractivity contribution >= 4 is 28.6 Å². The molecule has 1 amide bonds. The molecule has 7 nitrogen and oxygen atoms in total. The van der Waals surface area contributed by atoms with Gasteiger partial charge in [-0.2, -0.15) is 0 Å². The molecule has 0 unspecified atom stereocenters. The fourth-order valence-electron chi connectivity index (χ4n) is 2.48. The van der Waals surface area contributed by atoms with Gasteiger partial charge in [-0.15, -0.1) is 11.3 Å². The zero-order valence-electron chi connectivity index (χ0n) is 13.8. The van der Waals surface area contributed by atoms with E-state index in [4.69, 9.17) is 4.42 Å². The maximum Gasteiger partial charge on any atom is 0.269 e. The Bertz CT molecular complexity index is 809. The highest BCUT2D eigenvalue weighted by Gasteiger charge is 2.14. The molecular formula is C18H17N3O4S. The number of amides is 1. The van der Waals surface area contributed by atoms with E-state index in [1.54, 1.807) is 17.6 Å². The largest absolute Gasteiger partial charge is 0.468 e. The number of carbonyl (C=O) groups is 1. The number of furan rings is 1. The molecule has 1 N–H and O–H groups in total. The molecule has 0 aliphatic carbocycles. The van der Waals surface area contributed by atoms with Crippen LogP contribution >= 0.6 is 11.3 Å². The second-order valence-corrected chi connectivity index (χ2v) is 6.69. The maximum atomic E-state index is 12.4. The molecule has 0 atom stereocenters. The summed E-state index contributed by atoms with van der Waals surface area (Å²) >= 11 is 1.63. The summed E-state index contributed by atoms with van der Waals surface area (Å²) in [6.07, 6.45) is 1.61. The van der Waals surface area contributed by atoms with Gasteiger partial charge in [-0.1, -0.05) is 6.07 Å². The van der Waals surface area contributed by atoms with E-state index in [1.165, 1.54) is 24.3 Å². The van der Waals surface area contributed by atoms with E-state index in [9.17, 15) is 14.9 Å². The van der Waals surface area contributed by atoms with Crippen LogP contribution in [0.15, 0.2) is 64.6 Å². The zero-order valence-corrected chi connectivity index (χ0v) is 14.6.